The molecule has 2 N–H and O–H groups in total. The van der Waals surface area contributed by atoms with Gasteiger partial charge in [0, 0.05) is 17.6 Å². The van der Waals surface area contributed by atoms with Gasteiger partial charge in [-0.05, 0) is 23.3 Å². The first kappa shape index (κ1) is 12.2. The van der Waals surface area contributed by atoms with Crippen molar-refractivity contribution in [1.29, 1.82) is 0 Å². The number of hydrogen-bond acceptors (Lipinski definition) is 3. The number of hydrogen-bond donors (Lipinski definition) is 2. The first-order chi connectivity index (χ1) is 9.63. The largest absolute Gasteiger partial charge is 0.480 e. The molecule has 1 aromatic carbocycles. The van der Waals surface area contributed by atoms with Gasteiger partial charge in [-0.2, -0.15) is 5.10 Å². The van der Waals surface area contributed by atoms with Crippen molar-refractivity contribution >= 4 is 16.9 Å². The van der Waals surface area contributed by atoms with Gasteiger partial charge in [-0.15, -0.1) is 0 Å². The van der Waals surface area contributed by atoms with Crippen molar-refractivity contribution in [3.8, 4) is 11.1 Å². The second-order valence-electron chi connectivity index (χ2n) is 4.45. The normalized spacial score (nSPS) is 10.8. The van der Waals surface area contributed by atoms with Crippen LogP contribution in [0.4, 0.5) is 0 Å². The SMILES string of the molecule is O=C(O)Cn1cc(-c2ccc3cn[nH]c3c2)ccc1=O. The van der Waals surface area contributed by atoms with E-state index in [1.165, 1.54) is 10.6 Å². The number of aromatic amines is 1. The standard InChI is InChI=1S/C14H11N3O3/c18-13-4-3-11(7-17(13)8-14(19)20)9-1-2-10-6-15-16-12(10)5-9/h1-7H,8H2,(H,15,16)(H,19,20). The van der Waals surface area contributed by atoms with E-state index in [4.69, 9.17) is 5.11 Å². The Morgan fingerprint density at radius 2 is 2.05 bits per heavy atom. The molecule has 2 heterocycles. The summed E-state index contributed by atoms with van der Waals surface area (Å²) in [6.07, 6.45) is 3.28. The number of fused-ring (bicyclic) bond motifs is 1. The molecule has 100 valence electrons. The van der Waals surface area contributed by atoms with Crippen LogP contribution in [0.3, 0.4) is 0 Å². The first-order valence-corrected chi connectivity index (χ1v) is 5.99. The molecule has 0 amide bonds. The van der Waals surface area contributed by atoms with E-state index in [0.29, 0.717) is 0 Å². The van der Waals surface area contributed by atoms with Gasteiger partial charge < -0.3 is 9.67 Å². The highest BCUT2D eigenvalue weighted by molar-refractivity contribution is 5.83. The molecule has 0 aliphatic rings. The van der Waals surface area contributed by atoms with Crippen molar-refractivity contribution in [2.75, 3.05) is 0 Å². The number of aromatic nitrogens is 3. The van der Waals surface area contributed by atoms with Gasteiger partial charge in [-0.1, -0.05) is 12.1 Å². The maximum atomic E-state index is 11.6. The molecule has 0 atom stereocenters. The number of aliphatic carboxylic acids is 1. The van der Waals surface area contributed by atoms with E-state index < -0.39 is 5.97 Å². The second kappa shape index (κ2) is 4.65. The molecular formula is C14H11N3O3. The number of carboxylic acids is 1. The van der Waals surface area contributed by atoms with Gasteiger partial charge in [0.05, 0.1) is 11.7 Å². The summed E-state index contributed by atoms with van der Waals surface area (Å²) in [5.41, 5.74) is 2.22. The van der Waals surface area contributed by atoms with Gasteiger partial charge in [-0.3, -0.25) is 14.7 Å². The summed E-state index contributed by atoms with van der Waals surface area (Å²) in [5.74, 6) is -1.05. The van der Waals surface area contributed by atoms with Crippen LogP contribution in [0.15, 0.2) is 47.5 Å². The minimum Gasteiger partial charge on any atom is -0.480 e. The van der Waals surface area contributed by atoms with Gasteiger partial charge in [0.25, 0.3) is 5.56 Å². The van der Waals surface area contributed by atoms with Crippen molar-refractivity contribution in [2.45, 2.75) is 6.54 Å². The van der Waals surface area contributed by atoms with Crippen LogP contribution in [0.2, 0.25) is 0 Å². The minimum atomic E-state index is -1.05. The summed E-state index contributed by atoms with van der Waals surface area (Å²) >= 11 is 0. The smallest absolute Gasteiger partial charge is 0.323 e. The Labute approximate surface area is 113 Å². The summed E-state index contributed by atoms with van der Waals surface area (Å²) in [6.45, 7) is -0.348. The van der Waals surface area contributed by atoms with E-state index in [2.05, 4.69) is 10.2 Å². The first-order valence-electron chi connectivity index (χ1n) is 5.99. The van der Waals surface area contributed by atoms with Crippen LogP contribution in [-0.4, -0.2) is 25.8 Å². The fourth-order valence-electron chi connectivity index (χ4n) is 2.09. The molecule has 0 unspecified atom stereocenters. The van der Waals surface area contributed by atoms with E-state index in [1.807, 2.05) is 18.2 Å². The maximum Gasteiger partial charge on any atom is 0.323 e. The average molecular weight is 269 g/mol. The van der Waals surface area contributed by atoms with Crippen LogP contribution in [0, 0.1) is 0 Å². The van der Waals surface area contributed by atoms with Gasteiger partial charge in [-0.25, -0.2) is 0 Å². The Morgan fingerprint density at radius 3 is 2.85 bits per heavy atom. The molecule has 2 aromatic heterocycles. The quantitative estimate of drug-likeness (QED) is 0.753. The number of H-pyrrole nitrogens is 1. The third-order valence-corrected chi connectivity index (χ3v) is 3.06. The van der Waals surface area contributed by atoms with Crippen LogP contribution in [-0.2, 0) is 11.3 Å². The van der Waals surface area contributed by atoms with Crippen molar-refractivity contribution in [3.63, 3.8) is 0 Å². The summed E-state index contributed by atoms with van der Waals surface area (Å²) in [7, 11) is 0. The Hall–Kier alpha value is -2.89. The van der Waals surface area contributed by atoms with E-state index in [0.717, 1.165) is 22.0 Å². The monoisotopic (exact) mass is 269 g/mol. The number of pyridine rings is 1. The molecule has 6 heteroatoms. The highest BCUT2D eigenvalue weighted by Gasteiger charge is 2.06. The third-order valence-electron chi connectivity index (χ3n) is 3.06. The van der Waals surface area contributed by atoms with Gasteiger partial charge in [0.2, 0.25) is 0 Å². The van der Waals surface area contributed by atoms with E-state index in [1.54, 1.807) is 18.5 Å². The molecule has 0 fully saturated rings. The molecule has 6 nitrogen and oxygen atoms in total. The summed E-state index contributed by atoms with van der Waals surface area (Å²) < 4.78 is 1.18. The number of nitrogens with one attached hydrogen (secondary N) is 1. The second-order valence-corrected chi connectivity index (χ2v) is 4.45. The van der Waals surface area contributed by atoms with Crippen LogP contribution in [0.25, 0.3) is 22.0 Å². The lowest BCUT2D eigenvalue weighted by Gasteiger charge is -2.06. The summed E-state index contributed by atoms with van der Waals surface area (Å²) in [4.78, 5) is 22.3. The molecule has 0 spiro atoms. The summed E-state index contributed by atoms with van der Waals surface area (Å²) in [5, 5.41) is 16.6. The Kier molecular flexibility index (Phi) is 2.83. The van der Waals surface area contributed by atoms with Crippen LogP contribution >= 0.6 is 0 Å². The zero-order valence-electron chi connectivity index (χ0n) is 10.4. The lowest BCUT2D eigenvalue weighted by atomic mass is 10.1. The zero-order chi connectivity index (χ0) is 14.1. The van der Waals surface area contributed by atoms with Crippen molar-refractivity contribution in [1.82, 2.24) is 14.8 Å². The highest BCUT2D eigenvalue weighted by Crippen LogP contribution is 2.22. The zero-order valence-corrected chi connectivity index (χ0v) is 10.4. The number of rotatable bonds is 3. The lowest BCUT2D eigenvalue weighted by molar-refractivity contribution is -0.137. The molecule has 0 bridgehead atoms. The van der Waals surface area contributed by atoms with E-state index in [9.17, 15) is 9.59 Å². The van der Waals surface area contributed by atoms with Crippen molar-refractivity contribution in [2.24, 2.45) is 0 Å². The molecule has 0 radical (unpaired) electrons. The summed E-state index contributed by atoms with van der Waals surface area (Å²) in [6, 6.07) is 8.78. The molecule has 0 saturated heterocycles. The number of benzene rings is 1. The van der Waals surface area contributed by atoms with Crippen molar-refractivity contribution < 1.29 is 9.90 Å². The number of carbonyl (C=O) groups is 1. The van der Waals surface area contributed by atoms with Crippen molar-refractivity contribution in [3.05, 3.63) is 53.1 Å². The van der Waals surface area contributed by atoms with Crippen LogP contribution in [0.1, 0.15) is 0 Å². The predicted molar refractivity (Wildman–Crippen MR) is 73.4 cm³/mol. The Balaban J connectivity index is 2.08. The fraction of sp³-hybridized carbons (Fsp3) is 0.0714. The molecule has 0 saturated carbocycles. The molecule has 0 aliphatic heterocycles. The van der Waals surface area contributed by atoms with E-state index >= 15 is 0 Å². The molecule has 3 aromatic rings. The molecular weight excluding hydrogens is 258 g/mol. The van der Waals surface area contributed by atoms with Gasteiger partial charge in [0.15, 0.2) is 0 Å². The number of carboxylic acid groups (broad SMARTS) is 1. The Morgan fingerprint density at radius 1 is 1.25 bits per heavy atom. The van der Waals surface area contributed by atoms with Crippen LogP contribution < -0.4 is 5.56 Å². The molecule has 3 rings (SSSR count). The number of nitrogens with zero attached hydrogens (tertiary/aromatic N) is 2. The highest BCUT2D eigenvalue weighted by atomic mass is 16.4. The van der Waals surface area contributed by atoms with Gasteiger partial charge in [0.1, 0.15) is 6.54 Å². The van der Waals surface area contributed by atoms with Crippen LogP contribution in [0.5, 0.6) is 0 Å². The minimum absolute atomic E-state index is 0.334. The predicted octanol–water partition coefficient (Wildman–Crippen LogP) is 1.48. The molecule has 0 aliphatic carbocycles. The topological polar surface area (TPSA) is 88.0 Å². The fourth-order valence-corrected chi connectivity index (χ4v) is 2.09. The third kappa shape index (κ3) is 2.18. The lowest BCUT2D eigenvalue weighted by Crippen LogP contribution is -2.22. The maximum absolute atomic E-state index is 11.6. The van der Waals surface area contributed by atoms with E-state index in [-0.39, 0.29) is 12.1 Å². The average Bonchev–Trinajstić information content (AvgIpc) is 2.88. The molecule has 20 heavy (non-hydrogen) atoms. The van der Waals surface area contributed by atoms with Gasteiger partial charge >= 0.3 is 5.97 Å². The Bertz CT molecular complexity index is 848.